The van der Waals surface area contributed by atoms with Crippen molar-refractivity contribution in [1.29, 1.82) is 0 Å². The van der Waals surface area contributed by atoms with Crippen LogP contribution in [0.25, 0.3) is 77.7 Å². The molecule has 8 heterocycles. The molecule has 4 aromatic heterocycles. The number of benzene rings is 5. The molecule has 0 N–H and O–H groups in total. The van der Waals surface area contributed by atoms with Crippen LogP contribution in [0.3, 0.4) is 0 Å². The van der Waals surface area contributed by atoms with Gasteiger partial charge in [0, 0.05) is 96.4 Å². The Balaban J connectivity index is 0.900. The molecule has 58 heavy (non-hydrogen) atoms. The summed E-state index contributed by atoms with van der Waals surface area (Å²) in [5.74, 6) is 1.43. The summed E-state index contributed by atoms with van der Waals surface area (Å²) >= 11 is 0. The third-order valence-corrected chi connectivity index (χ3v) is 16.9. The van der Waals surface area contributed by atoms with Gasteiger partial charge in [-0.05, 0) is 83.7 Å². The molecule has 0 spiro atoms. The Morgan fingerprint density at radius 3 is 2.24 bits per heavy atom. The number of fused-ring (bicyclic) bond motifs is 25. The van der Waals surface area contributed by atoms with Gasteiger partial charge in [-0.25, -0.2) is 0 Å². The normalized spacial score (nSPS) is 28.2. The number of nitrogens with zero attached hydrogens (tertiary/aromatic N) is 4. The Morgan fingerprint density at radius 2 is 1.33 bits per heavy atom. The molecule has 7 atom stereocenters. The van der Waals surface area contributed by atoms with Crippen LogP contribution in [-0.2, 0) is 6.42 Å². The Hall–Kier alpha value is -6.10. The molecule has 17 rings (SSSR count). The van der Waals surface area contributed by atoms with Gasteiger partial charge in [0.15, 0.2) is 0 Å². The van der Waals surface area contributed by atoms with Gasteiger partial charge in [0.25, 0.3) is 0 Å². The number of hydrogen-bond donors (Lipinski definition) is 0. The molecule has 5 aromatic carbocycles. The predicted octanol–water partition coefficient (Wildman–Crippen LogP) is 10.1. The van der Waals surface area contributed by atoms with Gasteiger partial charge in [-0.1, -0.05) is 109 Å². The van der Waals surface area contributed by atoms with Crippen molar-refractivity contribution in [3.63, 3.8) is 0 Å². The molecule has 9 aromatic rings. The molecule has 0 bridgehead atoms. The minimum atomic E-state index is 0.381. The van der Waals surface area contributed by atoms with Crippen molar-refractivity contribution >= 4 is 77.7 Å². The van der Waals surface area contributed by atoms with Gasteiger partial charge in [-0.2, -0.15) is 0 Å². The van der Waals surface area contributed by atoms with Gasteiger partial charge in [0.2, 0.25) is 0 Å². The van der Waals surface area contributed by atoms with E-state index in [4.69, 9.17) is 0 Å². The van der Waals surface area contributed by atoms with Crippen molar-refractivity contribution in [2.75, 3.05) is 0 Å². The fraction of sp³-hybridized carbons (Fsp3) is 0.222. The third kappa shape index (κ3) is 2.93. The molecular weight excluding hydrogens is 705 g/mol. The van der Waals surface area contributed by atoms with Crippen molar-refractivity contribution < 1.29 is 0 Å². The Labute approximate surface area is 333 Å². The van der Waals surface area contributed by atoms with E-state index in [9.17, 15) is 0 Å². The molecule has 2 saturated heterocycles. The fourth-order valence-corrected chi connectivity index (χ4v) is 15.2. The summed E-state index contributed by atoms with van der Waals surface area (Å²) in [5.41, 5.74) is 19.9. The van der Waals surface area contributed by atoms with Crippen LogP contribution in [0.15, 0.2) is 132 Å². The number of allylic oxidation sites excluding steroid dienone is 2. The molecule has 6 unspecified atom stereocenters. The minimum absolute atomic E-state index is 0.381. The third-order valence-electron chi connectivity index (χ3n) is 16.9. The minimum Gasteiger partial charge on any atom is -0.336 e. The molecule has 0 saturated carbocycles. The zero-order valence-electron chi connectivity index (χ0n) is 32.0. The number of para-hydroxylation sites is 5. The van der Waals surface area contributed by atoms with E-state index in [2.05, 4.69) is 146 Å². The van der Waals surface area contributed by atoms with E-state index < -0.39 is 0 Å². The fourth-order valence-electron chi connectivity index (χ4n) is 15.2. The van der Waals surface area contributed by atoms with Crippen molar-refractivity contribution in [2.45, 2.75) is 68.1 Å². The van der Waals surface area contributed by atoms with Gasteiger partial charge < -0.3 is 13.5 Å². The zero-order chi connectivity index (χ0) is 36.9. The summed E-state index contributed by atoms with van der Waals surface area (Å²) in [6, 6.07) is 41.5. The Kier molecular flexibility index (Phi) is 4.74. The van der Waals surface area contributed by atoms with Gasteiger partial charge in [0.05, 0.1) is 27.4 Å². The average molecular weight is 743 g/mol. The van der Waals surface area contributed by atoms with E-state index >= 15 is 0 Å². The van der Waals surface area contributed by atoms with Crippen molar-refractivity contribution in [3.05, 3.63) is 165 Å². The van der Waals surface area contributed by atoms with E-state index in [1.807, 2.05) is 0 Å². The van der Waals surface area contributed by atoms with Gasteiger partial charge in [0.1, 0.15) is 0 Å². The molecule has 4 heteroatoms. The average Bonchev–Trinajstić information content (AvgIpc) is 4.15. The lowest BCUT2D eigenvalue weighted by Crippen LogP contribution is -2.46. The first kappa shape index (κ1) is 29.2. The van der Waals surface area contributed by atoms with E-state index in [-0.39, 0.29) is 0 Å². The standard InChI is InChI=1S/C54H38N4/c1-3-19-41-27(9-1)29-11-7-17-37-47-43(55(41)51(29)37)23-21-35-31-13-5-15-33-39-26-46-40(25-45(39)57(49(31)33)53(35)47)34-16-6-14-32-36-22-24-44-48(54(36)58(46)50(32)34)38-18-8-12-30-28-10-2-4-20-42(28)56(44)52(30)38/h1-5,7-15,17-20,22-23,25,34-35,44,46,48,50,54H,6,16,21,24,26H2/t34?,35?,44-,46?,48?,50?,54?/m1/s1. The lowest BCUT2D eigenvalue weighted by atomic mass is 9.72. The molecule has 4 aliphatic carbocycles. The molecular formula is C54H38N4. The van der Waals surface area contributed by atoms with Crippen LogP contribution in [0.4, 0.5) is 0 Å². The highest BCUT2D eigenvalue weighted by Crippen LogP contribution is 2.63. The van der Waals surface area contributed by atoms with Crippen molar-refractivity contribution in [3.8, 4) is 0 Å². The van der Waals surface area contributed by atoms with Crippen molar-refractivity contribution in [2.24, 2.45) is 5.92 Å². The number of aromatic nitrogens is 3. The summed E-state index contributed by atoms with van der Waals surface area (Å²) < 4.78 is 8.15. The first-order valence-corrected chi connectivity index (χ1v) is 21.9. The molecule has 274 valence electrons. The van der Waals surface area contributed by atoms with Crippen LogP contribution in [0.5, 0.6) is 0 Å². The molecule has 0 amide bonds. The van der Waals surface area contributed by atoms with Crippen LogP contribution in [0.1, 0.15) is 65.9 Å². The predicted molar refractivity (Wildman–Crippen MR) is 235 cm³/mol. The number of rotatable bonds is 0. The summed E-state index contributed by atoms with van der Waals surface area (Å²) in [6.07, 6.45) is 16.4. The smallest absolute Gasteiger partial charge is 0.0621 e. The van der Waals surface area contributed by atoms with E-state index in [0.29, 0.717) is 41.9 Å². The highest BCUT2D eigenvalue weighted by atomic mass is 15.3. The summed E-state index contributed by atoms with van der Waals surface area (Å²) in [5, 5.41) is 11.3. The quantitative estimate of drug-likeness (QED) is 0.151. The monoisotopic (exact) mass is 742 g/mol. The van der Waals surface area contributed by atoms with E-state index in [1.54, 1.807) is 27.8 Å². The second-order valence-electron chi connectivity index (χ2n) is 18.8. The lowest BCUT2D eigenvalue weighted by Gasteiger charge is -2.40. The highest BCUT2D eigenvalue weighted by molar-refractivity contribution is 6.15. The van der Waals surface area contributed by atoms with Crippen LogP contribution in [-0.4, -0.2) is 36.6 Å². The van der Waals surface area contributed by atoms with E-state index in [0.717, 1.165) is 19.3 Å². The molecule has 4 aliphatic heterocycles. The van der Waals surface area contributed by atoms with E-state index in [1.165, 1.54) is 100 Å². The van der Waals surface area contributed by atoms with Crippen LogP contribution in [0, 0.1) is 5.92 Å². The van der Waals surface area contributed by atoms with Gasteiger partial charge in [-0.15, -0.1) is 0 Å². The Morgan fingerprint density at radius 1 is 0.586 bits per heavy atom. The van der Waals surface area contributed by atoms with Gasteiger partial charge in [-0.3, -0.25) is 4.90 Å². The van der Waals surface area contributed by atoms with Crippen LogP contribution >= 0.6 is 0 Å². The molecule has 8 aliphatic rings. The lowest BCUT2D eigenvalue weighted by molar-refractivity contribution is 0.152. The van der Waals surface area contributed by atoms with Crippen molar-refractivity contribution in [1.82, 2.24) is 18.4 Å². The first-order valence-electron chi connectivity index (χ1n) is 21.9. The summed E-state index contributed by atoms with van der Waals surface area (Å²) in [4.78, 5) is 3.10. The molecule has 0 radical (unpaired) electrons. The zero-order valence-corrected chi connectivity index (χ0v) is 32.0. The topological polar surface area (TPSA) is 17.5 Å². The highest BCUT2D eigenvalue weighted by Gasteiger charge is 2.61. The first-order chi connectivity index (χ1) is 28.8. The maximum Gasteiger partial charge on any atom is 0.0621 e. The maximum absolute atomic E-state index is 3.10. The second-order valence-corrected chi connectivity index (χ2v) is 18.8. The summed E-state index contributed by atoms with van der Waals surface area (Å²) in [6.45, 7) is 0. The second kappa shape index (κ2) is 9.44. The largest absolute Gasteiger partial charge is 0.336 e. The van der Waals surface area contributed by atoms with Crippen LogP contribution < -0.4 is 10.6 Å². The Bertz CT molecular complexity index is 3730. The van der Waals surface area contributed by atoms with Crippen LogP contribution in [0.2, 0.25) is 0 Å². The molecule has 2 fully saturated rings. The number of hydrogen-bond acceptors (Lipinski definition) is 1. The maximum atomic E-state index is 3.10. The summed E-state index contributed by atoms with van der Waals surface area (Å²) in [7, 11) is 0. The SMILES string of the molecule is C1=C2C3CCC=C4C5=CC[C@@H]6C(c7cccc8c9ccccc9n6c78)C5N(C2Cc2c1n1c5c(cccc25)C2CC=c5c(c6cccc7c8ccccc8n5c67)=C21)C43. The van der Waals surface area contributed by atoms with Gasteiger partial charge >= 0.3 is 0 Å². The molecule has 4 nitrogen and oxygen atoms in total.